The summed E-state index contributed by atoms with van der Waals surface area (Å²) in [6.07, 6.45) is 0.379. The van der Waals surface area contributed by atoms with Crippen LogP contribution in [0.1, 0.15) is 11.1 Å². The summed E-state index contributed by atoms with van der Waals surface area (Å²) in [7, 11) is 1.56. The molecule has 3 aromatic rings. The van der Waals surface area contributed by atoms with Crippen LogP contribution in [-0.4, -0.2) is 22.2 Å². The number of para-hydroxylation sites is 1. The van der Waals surface area contributed by atoms with Gasteiger partial charge in [0.05, 0.1) is 18.2 Å². The number of aromatic amines is 1. The van der Waals surface area contributed by atoms with Gasteiger partial charge in [-0.1, -0.05) is 28.1 Å². The molecule has 2 heterocycles. The molecule has 1 aromatic heterocycles. The lowest BCUT2D eigenvalue weighted by molar-refractivity contribution is 0.364. The van der Waals surface area contributed by atoms with E-state index in [2.05, 4.69) is 25.9 Å². The van der Waals surface area contributed by atoms with E-state index in [-0.39, 0.29) is 23.0 Å². The molecule has 0 saturated carbocycles. The number of rotatable bonds is 2. The fourth-order valence-corrected chi connectivity index (χ4v) is 3.31. The smallest absolute Gasteiger partial charge is 0.258 e. The predicted molar refractivity (Wildman–Crippen MR) is 95.5 cm³/mol. The van der Waals surface area contributed by atoms with Crippen LogP contribution >= 0.6 is 15.9 Å². The number of fused-ring (bicyclic) bond motifs is 2. The van der Waals surface area contributed by atoms with Crippen LogP contribution in [0.15, 0.2) is 45.7 Å². The quantitative estimate of drug-likeness (QED) is 0.536. The van der Waals surface area contributed by atoms with Crippen LogP contribution in [0.3, 0.4) is 0 Å². The third-order valence-electron chi connectivity index (χ3n) is 4.02. The maximum atomic E-state index is 12.5. The minimum Gasteiger partial charge on any atom is -0.507 e. The van der Waals surface area contributed by atoms with Crippen LogP contribution in [0.25, 0.3) is 11.4 Å². The summed E-state index contributed by atoms with van der Waals surface area (Å²) in [6, 6.07) is 10.3. The number of phenolic OH excluding ortho intramolecular Hbond substituents is 1. The Kier molecular flexibility index (Phi) is 3.73. The first kappa shape index (κ1) is 15.7. The van der Waals surface area contributed by atoms with E-state index in [9.17, 15) is 9.90 Å². The fraction of sp³-hybridized carbons (Fsp3) is 0.111. The molecule has 126 valence electrons. The minimum atomic E-state index is -0.298. The third kappa shape index (κ3) is 2.66. The summed E-state index contributed by atoms with van der Waals surface area (Å²) >= 11 is 3.43. The standard InChI is InChI=1S/C18H13BrN2O4/c1-24-14-8-10(19)6-9-7-12-17(23)20-16(21-18(12)25-15(9)14)11-4-2-3-5-13(11)22/h2-6,8,22H,7H2,1H3,(H,20,21,23). The van der Waals surface area contributed by atoms with E-state index in [0.717, 1.165) is 10.0 Å². The number of aromatic hydroxyl groups is 1. The van der Waals surface area contributed by atoms with Crippen molar-refractivity contribution in [1.82, 2.24) is 9.97 Å². The Balaban J connectivity index is 1.86. The molecule has 7 heteroatoms. The average molecular weight is 401 g/mol. The molecule has 0 bridgehead atoms. The van der Waals surface area contributed by atoms with Crippen LogP contribution in [0.5, 0.6) is 23.1 Å². The van der Waals surface area contributed by atoms with Gasteiger partial charge in [0, 0.05) is 16.5 Å². The highest BCUT2D eigenvalue weighted by atomic mass is 79.9. The molecule has 2 aromatic carbocycles. The van der Waals surface area contributed by atoms with Crippen molar-refractivity contribution in [2.45, 2.75) is 6.42 Å². The first-order valence-corrected chi connectivity index (χ1v) is 8.32. The number of H-pyrrole nitrogens is 1. The molecule has 0 spiro atoms. The Labute approximate surface area is 151 Å². The van der Waals surface area contributed by atoms with Crippen molar-refractivity contribution in [3.05, 3.63) is 62.4 Å². The molecule has 0 saturated heterocycles. The third-order valence-corrected chi connectivity index (χ3v) is 4.48. The second-order valence-corrected chi connectivity index (χ2v) is 6.51. The maximum absolute atomic E-state index is 12.5. The van der Waals surface area contributed by atoms with Crippen molar-refractivity contribution in [1.29, 1.82) is 0 Å². The molecule has 0 radical (unpaired) electrons. The van der Waals surface area contributed by atoms with Gasteiger partial charge in [-0.15, -0.1) is 0 Å². The second-order valence-electron chi connectivity index (χ2n) is 5.59. The van der Waals surface area contributed by atoms with E-state index < -0.39 is 0 Å². The van der Waals surface area contributed by atoms with Gasteiger partial charge in [0.1, 0.15) is 11.6 Å². The zero-order valence-electron chi connectivity index (χ0n) is 13.2. The van der Waals surface area contributed by atoms with Crippen LogP contribution in [-0.2, 0) is 6.42 Å². The molecule has 0 fully saturated rings. The van der Waals surface area contributed by atoms with Crippen LogP contribution in [0.2, 0.25) is 0 Å². The summed E-state index contributed by atoms with van der Waals surface area (Å²) in [4.78, 5) is 19.6. The molecular weight excluding hydrogens is 388 g/mol. The lowest BCUT2D eigenvalue weighted by Gasteiger charge is -2.21. The maximum Gasteiger partial charge on any atom is 0.258 e. The highest BCUT2D eigenvalue weighted by molar-refractivity contribution is 9.10. The predicted octanol–water partition coefficient (Wildman–Crippen LogP) is 3.61. The molecule has 6 nitrogen and oxygen atoms in total. The highest BCUT2D eigenvalue weighted by Gasteiger charge is 2.26. The van der Waals surface area contributed by atoms with E-state index in [4.69, 9.17) is 9.47 Å². The number of hydrogen-bond acceptors (Lipinski definition) is 5. The highest BCUT2D eigenvalue weighted by Crippen LogP contribution is 2.42. The van der Waals surface area contributed by atoms with Gasteiger partial charge in [0.2, 0.25) is 5.88 Å². The SMILES string of the molecule is COc1cc(Br)cc2c1Oc1nc(-c3ccccc3O)[nH]c(=O)c1C2. The number of nitrogens with one attached hydrogen (secondary N) is 1. The summed E-state index contributed by atoms with van der Waals surface area (Å²) in [5, 5.41) is 10.0. The zero-order valence-corrected chi connectivity index (χ0v) is 14.8. The van der Waals surface area contributed by atoms with Gasteiger partial charge >= 0.3 is 0 Å². The first-order valence-electron chi connectivity index (χ1n) is 7.52. The molecule has 0 aliphatic carbocycles. The number of benzene rings is 2. The summed E-state index contributed by atoms with van der Waals surface area (Å²) in [5.74, 6) is 1.60. The number of nitrogens with zero attached hydrogens (tertiary/aromatic N) is 1. The first-order chi connectivity index (χ1) is 12.1. The number of halogens is 1. The molecule has 0 atom stereocenters. The fourth-order valence-electron chi connectivity index (χ4n) is 2.83. The van der Waals surface area contributed by atoms with Crippen molar-refractivity contribution in [3.8, 4) is 34.5 Å². The second kappa shape index (κ2) is 5.93. The van der Waals surface area contributed by atoms with Gasteiger partial charge in [-0.3, -0.25) is 4.79 Å². The number of phenols is 1. The van der Waals surface area contributed by atoms with Crippen molar-refractivity contribution in [2.24, 2.45) is 0 Å². The molecule has 0 unspecified atom stereocenters. The lowest BCUT2D eigenvalue weighted by atomic mass is 10.0. The summed E-state index contributed by atoms with van der Waals surface area (Å²) < 4.78 is 12.1. The molecule has 2 N–H and O–H groups in total. The van der Waals surface area contributed by atoms with E-state index >= 15 is 0 Å². The number of hydrogen-bond donors (Lipinski definition) is 2. The normalized spacial score (nSPS) is 12.1. The molecule has 1 aliphatic rings. The Morgan fingerprint density at radius 2 is 2.12 bits per heavy atom. The largest absolute Gasteiger partial charge is 0.507 e. The van der Waals surface area contributed by atoms with Gasteiger partial charge in [0.15, 0.2) is 11.5 Å². The Morgan fingerprint density at radius 3 is 2.88 bits per heavy atom. The van der Waals surface area contributed by atoms with Gasteiger partial charge in [-0.2, -0.15) is 4.98 Å². The molecular formula is C18H13BrN2O4. The van der Waals surface area contributed by atoms with E-state index in [1.165, 1.54) is 6.07 Å². The number of ether oxygens (including phenoxy) is 2. The van der Waals surface area contributed by atoms with E-state index in [1.807, 2.05) is 6.07 Å². The van der Waals surface area contributed by atoms with Gasteiger partial charge in [0.25, 0.3) is 5.56 Å². The average Bonchev–Trinajstić information content (AvgIpc) is 2.60. The lowest BCUT2D eigenvalue weighted by Crippen LogP contribution is -2.20. The van der Waals surface area contributed by atoms with Crippen molar-refractivity contribution in [2.75, 3.05) is 7.11 Å². The molecule has 0 amide bonds. The molecule has 25 heavy (non-hydrogen) atoms. The zero-order chi connectivity index (χ0) is 17.6. The Bertz CT molecular complexity index is 1050. The molecule has 4 rings (SSSR count). The summed E-state index contributed by atoms with van der Waals surface area (Å²) in [6.45, 7) is 0. The van der Waals surface area contributed by atoms with Crippen LogP contribution in [0, 0.1) is 0 Å². The monoisotopic (exact) mass is 400 g/mol. The van der Waals surface area contributed by atoms with Crippen molar-refractivity contribution >= 4 is 15.9 Å². The topological polar surface area (TPSA) is 84.4 Å². The van der Waals surface area contributed by atoms with Crippen molar-refractivity contribution < 1.29 is 14.6 Å². The molecule has 1 aliphatic heterocycles. The van der Waals surface area contributed by atoms with Crippen molar-refractivity contribution in [3.63, 3.8) is 0 Å². The van der Waals surface area contributed by atoms with Crippen LogP contribution < -0.4 is 15.0 Å². The van der Waals surface area contributed by atoms with Crippen LogP contribution in [0.4, 0.5) is 0 Å². The van der Waals surface area contributed by atoms with E-state index in [1.54, 1.807) is 31.4 Å². The van der Waals surface area contributed by atoms with Gasteiger partial charge in [-0.05, 0) is 24.3 Å². The Hall–Kier alpha value is -2.80. The van der Waals surface area contributed by atoms with Gasteiger partial charge < -0.3 is 19.6 Å². The summed E-state index contributed by atoms with van der Waals surface area (Å²) in [5.41, 5.74) is 1.40. The minimum absolute atomic E-state index is 0.0309. The van der Waals surface area contributed by atoms with Gasteiger partial charge in [-0.25, -0.2) is 0 Å². The van der Waals surface area contributed by atoms with E-state index in [0.29, 0.717) is 29.0 Å². The number of methoxy groups -OCH3 is 1. The number of aromatic nitrogens is 2. The Morgan fingerprint density at radius 1 is 1.32 bits per heavy atom.